The molecule has 0 saturated carbocycles. The molecule has 5 heterocycles. The highest BCUT2D eigenvalue weighted by molar-refractivity contribution is 6.06. The van der Waals surface area contributed by atoms with Gasteiger partial charge < -0.3 is 14.6 Å². The van der Waals surface area contributed by atoms with E-state index in [4.69, 9.17) is 9.72 Å². The first kappa shape index (κ1) is 22.6. The molecule has 0 aliphatic carbocycles. The van der Waals surface area contributed by atoms with Gasteiger partial charge in [0.15, 0.2) is 11.3 Å². The zero-order chi connectivity index (χ0) is 25.1. The average molecular weight is 489 g/mol. The summed E-state index contributed by atoms with van der Waals surface area (Å²) in [4.78, 5) is 35.5. The van der Waals surface area contributed by atoms with Crippen LogP contribution in [-0.4, -0.2) is 60.8 Å². The molecule has 2 aliphatic rings. The fourth-order valence-electron chi connectivity index (χ4n) is 4.70. The van der Waals surface area contributed by atoms with Gasteiger partial charge in [-0.1, -0.05) is 6.07 Å². The number of hydrogen-bond donors (Lipinski definition) is 2. The molecule has 2 N–H and O–H groups in total. The molecule has 184 valence electrons. The molecule has 1 unspecified atom stereocenters. The quantitative estimate of drug-likeness (QED) is 0.425. The Morgan fingerprint density at radius 1 is 1.17 bits per heavy atom. The minimum absolute atomic E-state index is 0.0151. The first-order valence-corrected chi connectivity index (χ1v) is 11.8. The second-order valence-corrected chi connectivity index (χ2v) is 9.43. The van der Waals surface area contributed by atoms with Gasteiger partial charge in [0.2, 0.25) is 5.91 Å². The van der Waals surface area contributed by atoms with E-state index in [1.807, 2.05) is 36.6 Å². The maximum absolute atomic E-state index is 14.6. The highest BCUT2D eigenvalue weighted by Gasteiger charge is 2.46. The minimum Gasteiger partial charge on any atom is -0.375 e. The van der Waals surface area contributed by atoms with Gasteiger partial charge in [0.25, 0.3) is 0 Å². The van der Waals surface area contributed by atoms with E-state index in [0.29, 0.717) is 40.7 Å². The molecule has 1 saturated heterocycles. The number of imidazole rings is 1. The number of carbonyl (C=O) groups is 1. The summed E-state index contributed by atoms with van der Waals surface area (Å²) in [6.45, 7) is 6.33. The number of rotatable bonds is 6. The van der Waals surface area contributed by atoms with Crippen molar-refractivity contribution in [1.29, 1.82) is 0 Å². The molecular formula is C25H25FN8O2. The van der Waals surface area contributed by atoms with E-state index in [1.165, 1.54) is 6.33 Å². The topological polar surface area (TPSA) is 120 Å². The summed E-state index contributed by atoms with van der Waals surface area (Å²) >= 11 is 0. The zero-order valence-electron chi connectivity index (χ0n) is 20.2. The van der Waals surface area contributed by atoms with Crippen molar-refractivity contribution in [2.75, 3.05) is 25.1 Å². The molecule has 1 atom stereocenters. The number of aryl methyl sites for hydroxylation is 2. The number of halogens is 1. The predicted molar refractivity (Wildman–Crippen MR) is 131 cm³/mol. The summed E-state index contributed by atoms with van der Waals surface area (Å²) < 4.78 is 21.6. The van der Waals surface area contributed by atoms with Crippen molar-refractivity contribution in [1.82, 2.24) is 34.8 Å². The van der Waals surface area contributed by atoms with Crippen LogP contribution in [0.3, 0.4) is 0 Å². The van der Waals surface area contributed by atoms with Crippen molar-refractivity contribution in [2.45, 2.75) is 38.5 Å². The summed E-state index contributed by atoms with van der Waals surface area (Å²) in [5.74, 6) is 1.15. The van der Waals surface area contributed by atoms with Gasteiger partial charge in [0.1, 0.15) is 34.7 Å². The number of fused-ring (bicyclic) bond motifs is 2. The van der Waals surface area contributed by atoms with Gasteiger partial charge in [0, 0.05) is 42.3 Å². The van der Waals surface area contributed by atoms with Crippen molar-refractivity contribution >= 4 is 22.8 Å². The van der Waals surface area contributed by atoms with Crippen molar-refractivity contribution < 1.29 is 13.9 Å². The summed E-state index contributed by atoms with van der Waals surface area (Å²) in [6.07, 6.45) is 5.01. The Hall–Kier alpha value is -3.83. The highest BCUT2D eigenvalue weighted by atomic mass is 19.1. The lowest BCUT2D eigenvalue weighted by Crippen LogP contribution is -2.57. The van der Waals surface area contributed by atoms with Crippen LogP contribution in [0.2, 0.25) is 0 Å². The maximum Gasteiger partial charge on any atom is 0.249 e. The normalized spacial score (nSPS) is 20.3. The first-order valence-electron chi connectivity index (χ1n) is 11.8. The van der Waals surface area contributed by atoms with E-state index in [2.05, 4.69) is 30.6 Å². The molecule has 10 nitrogen and oxygen atoms in total. The van der Waals surface area contributed by atoms with Gasteiger partial charge >= 0.3 is 0 Å². The number of nitrogens with one attached hydrogen (secondary N) is 2. The minimum atomic E-state index is -1.47. The first-order chi connectivity index (χ1) is 17.3. The number of alkyl halides is 1. The van der Waals surface area contributed by atoms with Crippen molar-refractivity contribution in [3.8, 4) is 22.6 Å². The van der Waals surface area contributed by atoms with Crippen LogP contribution >= 0.6 is 0 Å². The van der Waals surface area contributed by atoms with Crippen LogP contribution in [-0.2, 0) is 21.6 Å². The summed E-state index contributed by atoms with van der Waals surface area (Å²) in [7, 11) is 0. The van der Waals surface area contributed by atoms with Crippen LogP contribution in [0.25, 0.3) is 33.8 Å². The lowest BCUT2D eigenvalue weighted by Gasteiger charge is -2.36. The number of benzene rings is 1. The fraction of sp³-hybridized carbons (Fsp3) is 0.360. The van der Waals surface area contributed by atoms with Crippen LogP contribution in [0.15, 0.2) is 36.9 Å². The Kier molecular flexibility index (Phi) is 5.09. The Morgan fingerprint density at radius 3 is 2.64 bits per heavy atom. The molecule has 4 aromatic rings. The Bertz CT molecular complexity index is 1500. The van der Waals surface area contributed by atoms with Crippen LogP contribution in [0.4, 0.5) is 10.1 Å². The molecule has 36 heavy (non-hydrogen) atoms. The van der Waals surface area contributed by atoms with Crippen LogP contribution in [0, 0.1) is 6.92 Å². The number of nitrogens with zero attached hydrogens (tertiary/aromatic N) is 6. The maximum atomic E-state index is 14.6. The SMILES string of the molecule is CCn1c(-c2cnc(C)nc2)nc2c(-c3ccc4c(c3)C(C)(NCC3(F)COC3)C(=O)N4)ncnc21. The molecule has 2 aliphatic heterocycles. The van der Waals surface area contributed by atoms with Gasteiger partial charge in [-0.2, -0.15) is 0 Å². The largest absolute Gasteiger partial charge is 0.375 e. The zero-order valence-corrected chi connectivity index (χ0v) is 20.2. The molecule has 0 bridgehead atoms. The average Bonchev–Trinajstić information content (AvgIpc) is 3.36. The Labute approximate surface area is 206 Å². The predicted octanol–water partition coefficient (Wildman–Crippen LogP) is 2.77. The third-order valence-electron chi connectivity index (χ3n) is 6.90. The molecule has 1 aromatic carbocycles. The van der Waals surface area contributed by atoms with Crippen molar-refractivity contribution in [2.24, 2.45) is 0 Å². The standard InChI is InChI=1S/C25H25FN8O2/c1-4-34-21(16-8-27-14(2)28-9-16)33-20-19(29-13-30-22(20)34)15-5-6-18-17(7-15)24(3,23(35)32-18)31-10-25(26)11-36-12-25/h5-9,13,31H,4,10-12H2,1-3H3,(H,32,35). The molecule has 6 rings (SSSR count). The second-order valence-electron chi connectivity index (χ2n) is 9.43. The number of carbonyl (C=O) groups excluding carboxylic acids is 1. The van der Waals surface area contributed by atoms with Crippen LogP contribution in [0.5, 0.6) is 0 Å². The lowest BCUT2D eigenvalue weighted by atomic mass is 9.90. The molecule has 1 amide bonds. The van der Waals surface area contributed by atoms with E-state index < -0.39 is 11.2 Å². The van der Waals surface area contributed by atoms with Gasteiger partial charge in [-0.05, 0) is 32.9 Å². The van der Waals surface area contributed by atoms with Gasteiger partial charge in [-0.3, -0.25) is 10.1 Å². The number of aromatic nitrogens is 6. The second kappa shape index (κ2) is 8.10. The molecule has 0 radical (unpaired) electrons. The van der Waals surface area contributed by atoms with E-state index >= 15 is 0 Å². The summed E-state index contributed by atoms with van der Waals surface area (Å²) in [5, 5.41) is 6.04. The van der Waals surface area contributed by atoms with E-state index in [0.717, 1.165) is 16.7 Å². The van der Waals surface area contributed by atoms with E-state index in [9.17, 15) is 9.18 Å². The van der Waals surface area contributed by atoms with Crippen molar-refractivity contribution in [3.63, 3.8) is 0 Å². The number of amides is 1. The highest BCUT2D eigenvalue weighted by Crippen LogP contribution is 2.40. The third kappa shape index (κ3) is 3.46. The van der Waals surface area contributed by atoms with Crippen LogP contribution < -0.4 is 10.6 Å². The number of ether oxygens (including phenoxy) is 1. The monoisotopic (exact) mass is 488 g/mol. The fourth-order valence-corrected chi connectivity index (χ4v) is 4.70. The van der Waals surface area contributed by atoms with E-state index in [-0.39, 0.29) is 25.7 Å². The third-order valence-corrected chi connectivity index (χ3v) is 6.90. The van der Waals surface area contributed by atoms with Gasteiger partial charge in [0.05, 0.1) is 18.8 Å². The molecule has 0 spiro atoms. The molecule has 3 aromatic heterocycles. The lowest BCUT2D eigenvalue weighted by molar-refractivity contribution is -0.134. The summed E-state index contributed by atoms with van der Waals surface area (Å²) in [6, 6.07) is 5.64. The summed E-state index contributed by atoms with van der Waals surface area (Å²) in [5.41, 5.74) is 2.37. The molecule has 1 fully saturated rings. The van der Waals surface area contributed by atoms with Crippen molar-refractivity contribution in [3.05, 3.63) is 48.3 Å². The Balaban J connectivity index is 1.44. The molecule has 11 heteroatoms. The van der Waals surface area contributed by atoms with Gasteiger partial charge in [-0.15, -0.1) is 0 Å². The Morgan fingerprint density at radius 2 is 1.94 bits per heavy atom. The van der Waals surface area contributed by atoms with Crippen LogP contribution in [0.1, 0.15) is 25.2 Å². The van der Waals surface area contributed by atoms with E-state index in [1.54, 1.807) is 19.3 Å². The van der Waals surface area contributed by atoms with Gasteiger partial charge in [-0.25, -0.2) is 29.3 Å². The number of hydrogen-bond acceptors (Lipinski definition) is 8. The smallest absolute Gasteiger partial charge is 0.249 e. The number of anilines is 1. The molecular weight excluding hydrogens is 463 g/mol.